The second-order valence-electron chi connectivity index (χ2n) is 4.16. The zero-order valence-electron chi connectivity index (χ0n) is 10.1. The number of nitrogens with zero attached hydrogens (tertiary/aromatic N) is 2. The van der Waals surface area contributed by atoms with E-state index in [2.05, 4.69) is 20.9 Å². The zero-order valence-corrected chi connectivity index (χ0v) is 11.7. The lowest BCUT2D eigenvalue weighted by Gasteiger charge is -2.08. The fourth-order valence-electron chi connectivity index (χ4n) is 1.87. The molecule has 0 aliphatic carbocycles. The van der Waals surface area contributed by atoms with Crippen LogP contribution in [0.3, 0.4) is 0 Å². The lowest BCUT2D eigenvalue weighted by atomic mass is 10.3. The Morgan fingerprint density at radius 2 is 2.05 bits per heavy atom. The molecule has 0 aliphatic heterocycles. The summed E-state index contributed by atoms with van der Waals surface area (Å²) in [4.78, 5) is 4.31. The molecule has 2 heterocycles. The van der Waals surface area contributed by atoms with Crippen LogP contribution in [0.15, 0.2) is 53.3 Å². The fraction of sp³-hybridized carbons (Fsp3) is 0.0714. The van der Waals surface area contributed by atoms with Gasteiger partial charge in [-0.3, -0.25) is 4.40 Å². The summed E-state index contributed by atoms with van der Waals surface area (Å²) >= 11 is 3.45. The number of nitrogen functional groups attached to an aromatic ring is 1. The summed E-state index contributed by atoms with van der Waals surface area (Å²) < 4.78 is 8.65. The Balaban J connectivity index is 1.86. The van der Waals surface area contributed by atoms with E-state index in [1.165, 1.54) is 0 Å². The third-order valence-corrected chi connectivity index (χ3v) is 3.47. The highest BCUT2D eigenvalue weighted by Crippen LogP contribution is 2.24. The van der Waals surface area contributed by atoms with Crippen LogP contribution in [0.2, 0.25) is 0 Å². The molecule has 0 fully saturated rings. The molecule has 2 aromatic heterocycles. The van der Waals surface area contributed by atoms with E-state index >= 15 is 0 Å². The van der Waals surface area contributed by atoms with Gasteiger partial charge in [0.25, 0.3) is 0 Å². The third kappa shape index (κ3) is 2.42. The maximum Gasteiger partial charge on any atom is 0.137 e. The van der Waals surface area contributed by atoms with Crippen LogP contribution < -0.4 is 10.5 Å². The molecule has 0 bridgehead atoms. The van der Waals surface area contributed by atoms with Crippen LogP contribution >= 0.6 is 15.9 Å². The molecule has 3 aromatic rings. The highest BCUT2D eigenvalue weighted by molar-refractivity contribution is 9.10. The molecule has 0 radical (unpaired) electrons. The van der Waals surface area contributed by atoms with Gasteiger partial charge in [0.15, 0.2) is 0 Å². The molecule has 0 amide bonds. The molecule has 2 N–H and O–H groups in total. The molecule has 19 heavy (non-hydrogen) atoms. The van der Waals surface area contributed by atoms with Gasteiger partial charge in [0.2, 0.25) is 0 Å². The van der Waals surface area contributed by atoms with Crippen LogP contribution in [-0.4, -0.2) is 9.38 Å². The normalized spacial score (nSPS) is 10.8. The number of ether oxygens (including phenoxy) is 1. The molecule has 0 spiro atoms. The smallest absolute Gasteiger partial charge is 0.137 e. The molecule has 96 valence electrons. The second kappa shape index (κ2) is 4.93. The van der Waals surface area contributed by atoms with E-state index in [1.54, 1.807) is 6.20 Å². The van der Waals surface area contributed by atoms with E-state index in [0.29, 0.717) is 12.3 Å². The van der Waals surface area contributed by atoms with Crippen molar-refractivity contribution in [2.24, 2.45) is 0 Å². The van der Waals surface area contributed by atoms with Crippen molar-refractivity contribution in [3.63, 3.8) is 0 Å². The second-order valence-corrected chi connectivity index (χ2v) is 5.01. The highest BCUT2D eigenvalue weighted by Gasteiger charge is 2.05. The van der Waals surface area contributed by atoms with Crippen LogP contribution in [0.1, 0.15) is 5.69 Å². The first kappa shape index (κ1) is 12.0. The van der Waals surface area contributed by atoms with Gasteiger partial charge in [-0.25, -0.2) is 4.98 Å². The van der Waals surface area contributed by atoms with Gasteiger partial charge in [-0.2, -0.15) is 0 Å². The molecular weight excluding hydrogens is 306 g/mol. The first-order valence-corrected chi connectivity index (χ1v) is 6.62. The Labute approximate surface area is 119 Å². The number of rotatable bonds is 3. The highest BCUT2D eigenvalue weighted by atomic mass is 79.9. The van der Waals surface area contributed by atoms with Crippen LogP contribution in [0.4, 0.5) is 5.69 Å². The average Bonchev–Trinajstić information content (AvgIpc) is 2.80. The van der Waals surface area contributed by atoms with Crippen molar-refractivity contribution in [2.75, 3.05) is 5.73 Å². The Morgan fingerprint density at radius 3 is 2.89 bits per heavy atom. The first-order chi connectivity index (χ1) is 9.24. The molecule has 4 nitrogen and oxygen atoms in total. The van der Waals surface area contributed by atoms with Gasteiger partial charge in [-0.15, -0.1) is 0 Å². The quantitative estimate of drug-likeness (QED) is 0.806. The lowest BCUT2D eigenvalue weighted by Crippen LogP contribution is -2.00. The molecule has 1 aromatic carbocycles. The van der Waals surface area contributed by atoms with E-state index < -0.39 is 0 Å². The predicted octanol–water partition coefficient (Wildman–Crippen LogP) is 3.26. The summed E-state index contributed by atoms with van der Waals surface area (Å²) in [6, 6.07) is 11.5. The van der Waals surface area contributed by atoms with Gasteiger partial charge in [-0.1, -0.05) is 12.1 Å². The van der Waals surface area contributed by atoms with Crippen molar-refractivity contribution in [3.8, 4) is 5.75 Å². The summed E-state index contributed by atoms with van der Waals surface area (Å²) in [5.41, 5.74) is 8.31. The molecule has 0 saturated heterocycles. The summed E-state index contributed by atoms with van der Waals surface area (Å²) in [6.45, 7) is 0.438. The zero-order chi connectivity index (χ0) is 13.2. The van der Waals surface area contributed by atoms with Crippen molar-refractivity contribution in [1.82, 2.24) is 9.38 Å². The third-order valence-electron chi connectivity index (χ3n) is 2.82. The van der Waals surface area contributed by atoms with Crippen LogP contribution in [0, 0.1) is 0 Å². The number of nitrogens with two attached hydrogens (primary N) is 1. The monoisotopic (exact) mass is 317 g/mol. The number of anilines is 1. The minimum Gasteiger partial charge on any atom is -0.486 e. The molecule has 0 aliphatic rings. The largest absolute Gasteiger partial charge is 0.486 e. The summed E-state index contributed by atoms with van der Waals surface area (Å²) in [7, 11) is 0. The Kier molecular flexibility index (Phi) is 3.13. The molecular formula is C14H12BrN3O. The van der Waals surface area contributed by atoms with Gasteiger partial charge in [0, 0.05) is 11.9 Å². The number of aromatic nitrogens is 2. The van der Waals surface area contributed by atoms with Crippen LogP contribution in [0.25, 0.3) is 5.65 Å². The van der Waals surface area contributed by atoms with E-state index in [0.717, 1.165) is 21.6 Å². The molecule has 0 saturated carbocycles. The van der Waals surface area contributed by atoms with Gasteiger partial charge >= 0.3 is 0 Å². The Hall–Kier alpha value is -2.01. The van der Waals surface area contributed by atoms with Crippen molar-refractivity contribution in [2.45, 2.75) is 6.61 Å². The number of para-hydroxylation sites is 1. The summed E-state index contributed by atoms with van der Waals surface area (Å²) in [5, 5.41) is 0. The van der Waals surface area contributed by atoms with E-state index in [4.69, 9.17) is 10.5 Å². The molecule has 0 atom stereocenters. The standard InChI is InChI=1S/C14H12BrN3O/c15-12-3-1-2-4-13(12)19-9-11-7-17-14-6-5-10(16)8-18(11)14/h1-8H,9,16H2. The average molecular weight is 318 g/mol. The van der Waals surface area contributed by atoms with Crippen molar-refractivity contribution < 1.29 is 4.74 Å². The van der Waals surface area contributed by atoms with Crippen LogP contribution in [-0.2, 0) is 6.61 Å². The van der Waals surface area contributed by atoms with Gasteiger partial charge in [-0.05, 0) is 40.2 Å². The van der Waals surface area contributed by atoms with E-state index in [1.807, 2.05) is 47.0 Å². The van der Waals surface area contributed by atoms with E-state index in [-0.39, 0.29) is 0 Å². The molecule has 3 rings (SSSR count). The SMILES string of the molecule is Nc1ccc2ncc(COc3ccccc3Br)n2c1. The van der Waals surface area contributed by atoms with Gasteiger partial charge < -0.3 is 10.5 Å². The fourth-order valence-corrected chi connectivity index (χ4v) is 2.27. The maximum atomic E-state index is 5.79. The summed E-state index contributed by atoms with van der Waals surface area (Å²) in [5.74, 6) is 0.807. The molecule has 5 heteroatoms. The number of benzene rings is 1. The Morgan fingerprint density at radius 1 is 1.21 bits per heavy atom. The summed E-state index contributed by atoms with van der Waals surface area (Å²) in [6.07, 6.45) is 3.65. The van der Waals surface area contributed by atoms with Gasteiger partial charge in [0.1, 0.15) is 18.0 Å². The predicted molar refractivity (Wildman–Crippen MR) is 78.1 cm³/mol. The van der Waals surface area contributed by atoms with E-state index in [9.17, 15) is 0 Å². The Bertz CT molecular complexity index is 724. The minimum absolute atomic E-state index is 0.438. The maximum absolute atomic E-state index is 5.79. The van der Waals surface area contributed by atoms with Crippen molar-refractivity contribution >= 4 is 27.3 Å². The number of imidazole rings is 1. The van der Waals surface area contributed by atoms with Crippen molar-refractivity contribution in [1.29, 1.82) is 0 Å². The van der Waals surface area contributed by atoms with Crippen LogP contribution in [0.5, 0.6) is 5.75 Å². The molecule has 0 unspecified atom stereocenters. The minimum atomic E-state index is 0.438. The lowest BCUT2D eigenvalue weighted by molar-refractivity contribution is 0.298. The van der Waals surface area contributed by atoms with Crippen molar-refractivity contribution in [3.05, 3.63) is 59.0 Å². The number of hydrogen-bond acceptors (Lipinski definition) is 3. The number of halogens is 1. The topological polar surface area (TPSA) is 52.5 Å². The number of hydrogen-bond donors (Lipinski definition) is 1. The number of fused-ring (bicyclic) bond motifs is 1. The number of pyridine rings is 1. The van der Waals surface area contributed by atoms with Gasteiger partial charge in [0.05, 0.1) is 16.4 Å². The first-order valence-electron chi connectivity index (χ1n) is 5.83.